The van der Waals surface area contributed by atoms with Crippen LogP contribution in [-0.2, 0) is 10.9 Å². The molecule has 0 bridgehead atoms. The van der Waals surface area contributed by atoms with Crippen LogP contribution in [0.4, 0.5) is 28.0 Å². The van der Waals surface area contributed by atoms with Crippen molar-refractivity contribution in [2.45, 2.75) is 44.0 Å². The van der Waals surface area contributed by atoms with Gasteiger partial charge >= 0.3 is 12.2 Å². The normalized spacial score (nSPS) is 22.0. The predicted octanol–water partition coefficient (Wildman–Crippen LogP) is 3.61. The highest BCUT2D eigenvalue weighted by Crippen LogP contribution is 2.33. The van der Waals surface area contributed by atoms with Crippen LogP contribution < -0.4 is 10.6 Å². The van der Waals surface area contributed by atoms with E-state index >= 15 is 0 Å². The molecule has 9 heteroatoms. The van der Waals surface area contributed by atoms with Crippen molar-refractivity contribution in [3.8, 4) is 0 Å². The summed E-state index contributed by atoms with van der Waals surface area (Å²) in [5.74, 6) is -1.48. The fourth-order valence-corrected chi connectivity index (χ4v) is 3.53. The van der Waals surface area contributed by atoms with Gasteiger partial charge in [-0.1, -0.05) is 6.07 Å². The number of rotatable bonds is 4. The van der Waals surface area contributed by atoms with Crippen molar-refractivity contribution in [2.24, 2.45) is 0 Å². The second-order valence-electron chi connectivity index (χ2n) is 6.97. The minimum atomic E-state index is -4.81. The Bertz CT molecular complexity index is 654. The van der Waals surface area contributed by atoms with E-state index in [1.54, 1.807) is 0 Å². The topological polar surface area (TPSA) is 53.6 Å². The Morgan fingerprint density at radius 1 is 1.22 bits per heavy atom. The van der Waals surface area contributed by atoms with Gasteiger partial charge in [0.25, 0.3) is 0 Å². The molecule has 1 atom stereocenters. The van der Waals surface area contributed by atoms with E-state index in [1.165, 1.54) is 0 Å². The van der Waals surface area contributed by atoms with E-state index in [9.17, 15) is 22.4 Å². The molecule has 27 heavy (non-hydrogen) atoms. The van der Waals surface area contributed by atoms with Crippen molar-refractivity contribution in [3.05, 3.63) is 29.6 Å². The summed E-state index contributed by atoms with van der Waals surface area (Å²) < 4.78 is 57.8. The minimum absolute atomic E-state index is 0.0976. The summed E-state index contributed by atoms with van der Waals surface area (Å²) in [4.78, 5) is 14.3. The summed E-state index contributed by atoms with van der Waals surface area (Å²) in [6, 6.07) is 2.01. The maximum Gasteiger partial charge on any atom is 0.419 e. The number of hydrogen-bond acceptors (Lipinski definition) is 3. The van der Waals surface area contributed by atoms with E-state index in [0.29, 0.717) is 6.07 Å². The predicted molar refractivity (Wildman–Crippen MR) is 92.0 cm³/mol. The van der Waals surface area contributed by atoms with Gasteiger partial charge in [-0.3, -0.25) is 0 Å². The standard InChI is InChI=1S/C18H23F4N3O2/c19-16-14(18(20,21)22)4-1-5-15(16)24-17(26)23-12-6-8-25(9-7-12)11-13-3-2-10-27-13/h1,4-5,12-13H,2-3,6-11H2,(H2,23,24,26)/t13-/m0/s1. The monoisotopic (exact) mass is 389 g/mol. The third kappa shape index (κ3) is 5.32. The van der Waals surface area contributed by atoms with Crippen LogP contribution in [0.2, 0.25) is 0 Å². The smallest absolute Gasteiger partial charge is 0.377 e. The molecule has 0 spiro atoms. The second-order valence-corrected chi connectivity index (χ2v) is 6.97. The molecule has 2 amide bonds. The molecule has 0 aliphatic carbocycles. The highest BCUT2D eigenvalue weighted by atomic mass is 19.4. The van der Waals surface area contributed by atoms with Gasteiger partial charge in [0.05, 0.1) is 17.4 Å². The SMILES string of the molecule is O=C(Nc1cccc(C(F)(F)F)c1F)NC1CCN(C[C@@H]2CCCO2)CC1. The number of likely N-dealkylation sites (tertiary alicyclic amines) is 1. The summed E-state index contributed by atoms with van der Waals surface area (Å²) in [6.07, 6.45) is -0.912. The largest absolute Gasteiger partial charge is 0.419 e. The van der Waals surface area contributed by atoms with Crippen molar-refractivity contribution < 1.29 is 27.1 Å². The molecule has 2 aliphatic rings. The van der Waals surface area contributed by atoms with Crippen LogP contribution in [-0.4, -0.2) is 49.3 Å². The van der Waals surface area contributed by atoms with E-state index in [-0.39, 0.29) is 12.1 Å². The molecular weight excluding hydrogens is 366 g/mol. The van der Waals surface area contributed by atoms with E-state index in [4.69, 9.17) is 4.74 Å². The third-order valence-corrected chi connectivity index (χ3v) is 4.96. The molecule has 0 radical (unpaired) electrons. The summed E-state index contributed by atoms with van der Waals surface area (Å²) in [5.41, 5.74) is -1.89. The maximum absolute atomic E-state index is 14.0. The van der Waals surface area contributed by atoms with E-state index in [1.807, 2.05) is 0 Å². The van der Waals surface area contributed by atoms with Gasteiger partial charge in [-0.2, -0.15) is 13.2 Å². The minimum Gasteiger partial charge on any atom is -0.377 e. The van der Waals surface area contributed by atoms with Crippen LogP contribution in [0.1, 0.15) is 31.2 Å². The lowest BCUT2D eigenvalue weighted by molar-refractivity contribution is -0.139. The Hall–Kier alpha value is -1.87. The first-order valence-electron chi connectivity index (χ1n) is 9.10. The molecular formula is C18H23F4N3O2. The molecule has 0 aromatic heterocycles. The molecule has 150 valence electrons. The van der Waals surface area contributed by atoms with E-state index in [0.717, 1.165) is 64.1 Å². The number of piperidine rings is 1. The van der Waals surface area contributed by atoms with Gasteiger partial charge in [0, 0.05) is 32.3 Å². The number of carbonyl (C=O) groups is 1. The van der Waals surface area contributed by atoms with Crippen molar-refractivity contribution in [1.82, 2.24) is 10.2 Å². The Kier molecular flexibility index (Phi) is 6.21. The Morgan fingerprint density at radius 2 is 1.96 bits per heavy atom. The van der Waals surface area contributed by atoms with E-state index in [2.05, 4.69) is 15.5 Å². The zero-order chi connectivity index (χ0) is 19.4. The summed E-state index contributed by atoms with van der Waals surface area (Å²) in [6.45, 7) is 3.31. The highest BCUT2D eigenvalue weighted by Gasteiger charge is 2.35. The van der Waals surface area contributed by atoms with Crippen LogP contribution in [0.5, 0.6) is 0 Å². The van der Waals surface area contributed by atoms with Gasteiger partial charge in [0.15, 0.2) is 5.82 Å². The number of alkyl halides is 3. The molecule has 0 saturated carbocycles. The molecule has 2 fully saturated rings. The fourth-order valence-electron chi connectivity index (χ4n) is 3.53. The number of amides is 2. The van der Waals surface area contributed by atoms with E-state index < -0.39 is 29.3 Å². The van der Waals surface area contributed by atoms with Crippen molar-refractivity contribution in [3.63, 3.8) is 0 Å². The number of ether oxygens (including phenoxy) is 1. The molecule has 3 rings (SSSR count). The van der Waals surface area contributed by atoms with Crippen LogP contribution >= 0.6 is 0 Å². The second kappa shape index (κ2) is 8.43. The van der Waals surface area contributed by atoms with Gasteiger partial charge in [0.2, 0.25) is 0 Å². The number of hydrogen-bond donors (Lipinski definition) is 2. The van der Waals surface area contributed by atoms with Gasteiger partial charge in [-0.25, -0.2) is 9.18 Å². The maximum atomic E-state index is 14.0. The first-order chi connectivity index (χ1) is 12.8. The molecule has 2 aliphatic heterocycles. The zero-order valence-electron chi connectivity index (χ0n) is 14.8. The number of carbonyl (C=O) groups excluding carboxylic acids is 1. The molecule has 2 N–H and O–H groups in total. The van der Waals surface area contributed by atoms with Gasteiger partial charge in [-0.05, 0) is 37.8 Å². The number of urea groups is 1. The number of benzene rings is 1. The first kappa shape index (κ1) is 19.9. The lowest BCUT2D eigenvalue weighted by Gasteiger charge is -2.33. The van der Waals surface area contributed by atoms with Crippen molar-refractivity contribution >= 4 is 11.7 Å². The average molecular weight is 389 g/mol. The summed E-state index contributed by atoms with van der Waals surface area (Å²) in [5, 5.41) is 4.89. The summed E-state index contributed by atoms with van der Waals surface area (Å²) in [7, 11) is 0. The molecule has 2 saturated heterocycles. The van der Waals surface area contributed by atoms with Crippen molar-refractivity contribution in [1.29, 1.82) is 0 Å². The molecule has 0 unspecified atom stereocenters. The summed E-state index contributed by atoms with van der Waals surface area (Å²) >= 11 is 0. The Labute approximate surface area is 155 Å². The number of halogens is 4. The lowest BCUT2D eigenvalue weighted by atomic mass is 10.0. The fraction of sp³-hybridized carbons (Fsp3) is 0.611. The van der Waals surface area contributed by atoms with Crippen LogP contribution in [0, 0.1) is 5.82 Å². The van der Waals surface area contributed by atoms with Crippen LogP contribution in [0.15, 0.2) is 18.2 Å². The molecule has 5 nitrogen and oxygen atoms in total. The molecule has 2 heterocycles. The first-order valence-corrected chi connectivity index (χ1v) is 9.10. The quantitative estimate of drug-likeness (QED) is 0.774. The number of anilines is 1. The van der Waals surface area contributed by atoms with Crippen LogP contribution in [0.3, 0.4) is 0 Å². The Balaban J connectivity index is 1.48. The third-order valence-electron chi connectivity index (χ3n) is 4.96. The molecule has 1 aromatic rings. The number of nitrogens with zero attached hydrogens (tertiary/aromatic N) is 1. The molecule has 1 aromatic carbocycles. The lowest BCUT2D eigenvalue weighted by Crippen LogP contribution is -2.47. The van der Waals surface area contributed by atoms with Gasteiger partial charge < -0.3 is 20.3 Å². The van der Waals surface area contributed by atoms with Gasteiger partial charge in [-0.15, -0.1) is 0 Å². The highest BCUT2D eigenvalue weighted by molar-refractivity contribution is 5.89. The Morgan fingerprint density at radius 3 is 2.59 bits per heavy atom. The van der Waals surface area contributed by atoms with Crippen molar-refractivity contribution in [2.75, 3.05) is 31.6 Å². The van der Waals surface area contributed by atoms with Gasteiger partial charge in [0.1, 0.15) is 0 Å². The van der Waals surface area contributed by atoms with Crippen LogP contribution in [0.25, 0.3) is 0 Å². The average Bonchev–Trinajstić information content (AvgIpc) is 3.10. The number of nitrogens with one attached hydrogen (secondary N) is 2. The zero-order valence-corrected chi connectivity index (χ0v) is 14.8.